The van der Waals surface area contributed by atoms with E-state index in [0.717, 1.165) is 16.4 Å². The average molecular weight is 278 g/mol. The smallest absolute Gasteiger partial charge is 0.248 e. The first-order valence-corrected chi connectivity index (χ1v) is 6.81. The van der Waals surface area contributed by atoms with Crippen molar-refractivity contribution in [2.75, 3.05) is 19.3 Å². The summed E-state index contributed by atoms with van der Waals surface area (Å²) in [5, 5.41) is 0. The molecular formula is C11H16F2N2O2S. The van der Waals surface area contributed by atoms with Gasteiger partial charge < -0.3 is 5.73 Å². The van der Waals surface area contributed by atoms with Gasteiger partial charge in [0.25, 0.3) is 0 Å². The Morgan fingerprint density at radius 1 is 1.28 bits per heavy atom. The van der Waals surface area contributed by atoms with Crippen LogP contribution in [0.2, 0.25) is 0 Å². The highest BCUT2D eigenvalue weighted by Gasteiger charge is 2.29. The predicted molar refractivity (Wildman–Crippen MR) is 65.4 cm³/mol. The van der Waals surface area contributed by atoms with Crippen LogP contribution in [0.25, 0.3) is 0 Å². The van der Waals surface area contributed by atoms with Crippen LogP contribution in [0.3, 0.4) is 0 Å². The lowest BCUT2D eigenvalue weighted by Crippen LogP contribution is -2.31. The third-order valence-electron chi connectivity index (χ3n) is 2.31. The van der Waals surface area contributed by atoms with Crippen molar-refractivity contribution in [3.8, 4) is 0 Å². The fourth-order valence-electron chi connectivity index (χ4n) is 1.59. The highest BCUT2D eigenvalue weighted by Crippen LogP contribution is 2.24. The van der Waals surface area contributed by atoms with Gasteiger partial charge in [-0.3, -0.25) is 0 Å². The molecule has 0 spiro atoms. The molecule has 18 heavy (non-hydrogen) atoms. The molecule has 1 aromatic rings. The molecular weight excluding hydrogens is 262 g/mol. The topological polar surface area (TPSA) is 63.4 Å². The van der Waals surface area contributed by atoms with E-state index < -0.39 is 26.6 Å². The molecule has 0 aliphatic heterocycles. The predicted octanol–water partition coefficient (Wildman–Crippen LogP) is 1.82. The second-order valence-electron chi connectivity index (χ2n) is 4.49. The van der Waals surface area contributed by atoms with Gasteiger partial charge in [0.05, 0.1) is 0 Å². The molecule has 0 fully saturated rings. The number of hydrogen-bond acceptors (Lipinski definition) is 3. The van der Waals surface area contributed by atoms with Gasteiger partial charge in [-0.15, -0.1) is 0 Å². The van der Waals surface area contributed by atoms with Crippen molar-refractivity contribution in [2.24, 2.45) is 5.92 Å². The van der Waals surface area contributed by atoms with E-state index in [1.807, 2.05) is 13.8 Å². The second kappa shape index (κ2) is 5.19. The summed E-state index contributed by atoms with van der Waals surface area (Å²) in [5.74, 6) is -2.31. The average Bonchev–Trinajstić information content (AvgIpc) is 2.13. The van der Waals surface area contributed by atoms with Crippen LogP contribution in [0, 0.1) is 17.6 Å². The maximum atomic E-state index is 13.6. The fourth-order valence-corrected chi connectivity index (χ4v) is 3.01. The molecule has 0 aliphatic rings. The van der Waals surface area contributed by atoms with Gasteiger partial charge in [-0.25, -0.2) is 21.5 Å². The molecule has 0 amide bonds. The summed E-state index contributed by atoms with van der Waals surface area (Å²) in [7, 11) is -2.90. The number of nitrogens with zero attached hydrogens (tertiary/aromatic N) is 1. The molecule has 7 heteroatoms. The number of anilines is 1. The first kappa shape index (κ1) is 14.8. The molecule has 0 saturated heterocycles. The lowest BCUT2D eigenvalue weighted by atomic mass is 10.2. The molecule has 4 nitrogen and oxygen atoms in total. The molecule has 2 N–H and O–H groups in total. The Morgan fingerprint density at radius 2 is 1.72 bits per heavy atom. The molecule has 1 aromatic carbocycles. The number of sulfonamides is 1. The highest BCUT2D eigenvalue weighted by molar-refractivity contribution is 7.89. The fraction of sp³-hybridized carbons (Fsp3) is 0.455. The number of rotatable bonds is 4. The number of hydrogen-bond donors (Lipinski definition) is 1. The van der Waals surface area contributed by atoms with Gasteiger partial charge in [-0.05, 0) is 18.1 Å². The van der Waals surface area contributed by atoms with Crippen LogP contribution in [-0.2, 0) is 10.0 Å². The van der Waals surface area contributed by atoms with E-state index in [0.29, 0.717) is 0 Å². The first-order valence-electron chi connectivity index (χ1n) is 5.37. The summed E-state index contributed by atoms with van der Waals surface area (Å²) in [4.78, 5) is -0.958. The minimum Gasteiger partial charge on any atom is -0.399 e. The van der Waals surface area contributed by atoms with E-state index in [-0.39, 0.29) is 18.2 Å². The van der Waals surface area contributed by atoms with Gasteiger partial charge >= 0.3 is 0 Å². The quantitative estimate of drug-likeness (QED) is 0.855. The third kappa shape index (κ3) is 2.97. The SMILES string of the molecule is CC(C)CN(C)S(=O)(=O)c1c(F)cc(N)cc1F. The Kier molecular flexibility index (Phi) is 4.28. The minimum absolute atomic E-state index is 0.0460. The summed E-state index contributed by atoms with van der Waals surface area (Å²) in [6, 6.07) is 1.58. The first-order chi connectivity index (χ1) is 8.16. The highest BCUT2D eigenvalue weighted by atomic mass is 32.2. The Labute approximate surface area is 105 Å². The van der Waals surface area contributed by atoms with Crippen LogP contribution < -0.4 is 5.73 Å². The van der Waals surface area contributed by atoms with Gasteiger partial charge in [0.1, 0.15) is 11.6 Å². The Hall–Kier alpha value is -1.21. The lowest BCUT2D eigenvalue weighted by Gasteiger charge is -2.19. The van der Waals surface area contributed by atoms with E-state index in [1.54, 1.807) is 0 Å². The maximum Gasteiger partial charge on any atom is 0.248 e. The molecule has 1 rings (SSSR count). The number of nitrogens with two attached hydrogens (primary N) is 1. The van der Waals surface area contributed by atoms with Crippen molar-refractivity contribution in [3.63, 3.8) is 0 Å². The molecule has 0 unspecified atom stereocenters. The van der Waals surface area contributed by atoms with Gasteiger partial charge in [0.2, 0.25) is 10.0 Å². The van der Waals surface area contributed by atoms with Crippen molar-refractivity contribution in [1.82, 2.24) is 4.31 Å². The molecule has 102 valence electrons. The summed E-state index contributed by atoms with van der Waals surface area (Å²) in [6.07, 6.45) is 0. The zero-order valence-electron chi connectivity index (χ0n) is 10.4. The van der Waals surface area contributed by atoms with Crippen molar-refractivity contribution < 1.29 is 17.2 Å². The van der Waals surface area contributed by atoms with Crippen molar-refractivity contribution in [3.05, 3.63) is 23.8 Å². The molecule has 0 aliphatic carbocycles. The molecule has 0 atom stereocenters. The van der Waals surface area contributed by atoms with Crippen LogP contribution in [-0.4, -0.2) is 26.3 Å². The van der Waals surface area contributed by atoms with Crippen molar-refractivity contribution in [1.29, 1.82) is 0 Å². The van der Waals surface area contributed by atoms with Crippen molar-refractivity contribution >= 4 is 15.7 Å². The summed E-state index contributed by atoms with van der Waals surface area (Å²) in [6.45, 7) is 3.79. The van der Waals surface area contributed by atoms with Crippen LogP contribution in [0.15, 0.2) is 17.0 Å². The van der Waals surface area contributed by atoms with E-state index in [1.165, 1.54) is 7.05 Å². The Morgan fingerprint density at radius 3 is 2.11 bits per heavy atom. The van der Waals surface area contributed by atoms with E-state index in [2.05, 4.69) is 0 Å². The Balaban J connectivity index is 3.29. The van der Waals surface area contributed by atoms with Crippen LogP contribution in [0.4, 0.5) is 14.5 Å². The minimum atomic E-state index is -4.18. The zero-order chi connectivity index (χ0) is 14.1. The van der Waals surface area contributed by atoms with Crippen molar-refractivity contribution in [2.45, 2.75) is 18.7 Å². The van der Waals surface area contributed by atoms with E-state index >= 15 is 0 Å². The molecule has 0 saturated carbocycles. The summed E-state index contributed by atoms with van der Waals surface area (Å²) >= 11 is 0. The third-order valence-corrected chi connectivity index (χ3v) is 4.19. The molecule has 0 bridgehead atoms. The van der Waals surface area contributed by atoms with Gasteiger partial charge in [0.15, 0.2) is 4.90 Å². The van der Waals surface area contributed by atoms with Gasteiger partial charge in [-0.2, -0.15) is 0 Å². The zero-order valence-corrected chi connectivity index (χ0v) is 11.3. The molecule has 0 heterocycles. The number of halogens is 2. The largest absolute Gasteiger partial charge is 0.399 e. The lowest BCUT2D eigenvalue weighted by molar-refractivity contribution is 0.408. The maximum absolute atomic E-state index is 13.6. The second-order valence-corrected chi connectivity index (χ2v) is 6.47. The number of nitrogen functional groups attached to an aromatic ring is 1. The standard InChI is InChI=1S/C11H16F2N2O2S/c1-7(2)6-15(3)18(16,17)11-9(12)4-8(14)5-10(11)13/h4-5,7H,6,14H2,1-3H3. The van der Waals surface area contributed by atoms with Crippen LogP contribution >= 0.6 is 0 Å². The van der Waals surface area contributed by atoms with E-state index in [4.69, 9.17) is 5.73 Å². The summed E-state index contributed by atoms with van der Waals surface area (Å²) < 4.78 is 52.1. The monoisotopic (exact) mass is 278 g/mol. The van der Waals surface area contributed by atoms with Gasteiger partial charge in [-0.1, -0.05) is 13.8 Å². The summed E-state index contributed by atoms with van der Waals surface area (Å²) in [5.41, 5.74) is 5.08. The normalized spacial score (nSPS) is 12.4. The van der Waals surface area contributed by atoms with Crippen LogP contribution in [0.5, 0.6) is 0 Å². The van der Waals surface area contributed by atoms with Gasteiger partial charge in [0, 0.05) is 19.3 Å². The van der Waals surface area contributed by atoms with E-state index in [9.17, 15) is 17.2 Å². The molecule has 0 radical (unpaired) electrons. The molecule has 0 aromatic heterocycles. The van der Waals surface area contributed by atoms with Crippen LogP contribution in [0.1, 0.15) is 13.8 Å². The Bertz CT molecular complexity index is 521. The number of benzene rings is 1.